The molecular weight excluding hydrogens is 431 g/mol. The zero-order valence-corrected chi connectivity index (χ0v) is 17.4. The lowest BCUT2D eigenvalue weighted by molar-refractivity contribution is 0.200. The van der Waals surface area contributed by atoms with Gasteiger partial charge in [-0.15, -0.1) is 10.2 Å². The van der Waals surface area contributed by atoms with Crippen molar-refractivity contribution >= 4 is 17.6 Å². The first-order chi connectivity index (χ1) is 16.0. The Hall–Kier alpha value is -4.28. The van der Waals surface area contributed by atoms with E-state index < -0.39 is 11.9 Å². The first kappa shape index (κ1) is 19.4. The maximum atomic E-state index is 14.9. The second-order valence-electron chi connectivity index (χ2n) is 7.88. The molecule has 3 aromatic heterocycles. The number of hydrogen-bond acceptors (Lipinski definition) is 7. The Balaban J connectivity index is 1.61. The van der Waals surface area contributed by atoms with Crippen LogP contribution in [0.5, 0.6) is 11.5 Å². The van der Waals surface area contributed by atoms with Crippen molar-refractivity contribution in [3.05, 3.63) is 59.6 Å². The molecule has 1 N–H and O–H groups in total. The van der Waals surface area contributed by atoms with Gasteiger partial charge in [0.25, 0.3) is 0 Å². The minimum Gasteiger partial charge on any atom is -0.493 e. The summed E-state index contributed by atoms with van der Waals surface area (Å²) < 4.78 is 28.3. The number of amides is 1. The molecular formula is C22H17FN6O4. The van der Waals surface area contributed by atoms with E-state index in [4.69, 9.17) is 9.47 Å². The molecule has 1 aromatic carbocycles. The number of carbonyl (C=O) groups is 1. The molecule has 0 unspecified atom stereocenters. The highest BCUT2D eigenvalue weighted by Gasteiger charge is 2.35. The van der Waals surface area contributed by atoms with E-state index in [1.807, 2.05) is 0 Å². The predicted octanol–water partition coefficient (Wildman–Crippen LogP) is 3.19. The van der Waals surface area contributed by atoms with Gasteiger partial charge in [0.2, 0.25) is 0 Å². The first-order valence-corrected chi connectivity index (χ1v) is 10.3. The maximum Gasteiger partial charge on any atom is 0.413 e. The number of hydrogen-bond donors (Lipinski definition) is 1. The monoisotopic (exact) mass is 448 g/mol. The Bertz CT molecular complexity index is 1440. The van der Waals surface area contributed by atoms with Crippen molar-refractivity contribution in [1.29, 1.82) is 0 Å². The van der Waals surface area contributed by atoms with Gasteiger partial charge in [-0.25, -0.2) is 19.2 Å². The summed E-state index contributed by atoms with van der Waals surface area (Å²) in [7, 11) is 0. The van der Waals surface area contributed by atoms with Gasteiger partial charge in [0.15, 0.2) is 17.2 Å². The van der Waals surface area contributed by atoms with Crippen LogP contribution in [-0.2, 0) is 6.54 Å². The quantitative estimate of drug-likeness (QED) is 0.472. The fourth-order valence-electron chi connectivity index (χ4n) is 4.45. The molecule has 0 fully saturated rings. The van der Waals surface area contributed by atoms with Gasteiger partial charge in [-0.05, 0) is 31.2 Å². The molecule has 33 heavy (non-hydrogen) atoms. The topological polar surface area (TPSA) is 115 Å². The number of aryl methyl sites for hydroxylation is 1. The van der Waals surface area contributed by atoms with E-state index >= 15 is 0 Å². The van der Waals surface area contributed by atoms with Gasteiger partial charge in [-0.2, -0.15) is 0 Å². The second-order valence-corrected chi connectivity index (χ2v) is 7.88. The largest absolute Gasteiger partial charge is 0.493 e. The van der Waals surface area contributed by atoms with E-state index in [2.05, 4.69) is 20.2 Å². The van der Waals surface area contributed by atoms with E-state index in [1.165, 1.54) is 16.8 Å². The summed E-state index contributed by atoms with van der Waals surface area (Å²) in [6.45, 7) is 2.05. The number of halogens is 1. The third-order valence-electron chi connectivity index (χ3n) is 5.92. The van der Waals surface area contributed by atoms with Crippen LogP contribution in [0.3, 0.4) is 0 Å². The van der Waals surface area contributed by atoms with Gasteiger partial charge in [0, 0.05) is 22.9 Å². The lowest BCUT2D eigenvalue weighted by Crippen LogP contribution is -2.31. The van der Waals surface area contributed by atoms with Crippen LogP contribution < -0.4 is 14.4 Å². The van der Waals surface area contributed by atoms with Gasteiger partial charge < -0.3 is 14.6 Å². The Labute approximate surface area is 186 Å². The van der Waals surface area contributed by atoms with Crippen LogP contribution in [0.2, 0.25) is 0 Å². The summed E-state index contributed by atoms with van der Waals surface area (Å²) in [6, 6.07) is 6.29. The number of ether oxygens (including phenoxy) is 2. The van der Waals surface area contributed by atoms with Crippen LogP contribution in [0, 0.1) is 12.7 Å². The molecule has 6 rings (SSSR count). The lowest BCUT2D eigenvalue weighted by Gasteiger charge is -2.23. The Kier molecular flexibility index (Phi) is 4.19. The zero-order valence-electron chi connectivity index (χ0n) is 17.4. The summed E-state index contributed by atoms with van der Waals surface area (Å²) in [4.78, 5) is 22.1. The van der Waals surface area contributed by atoms with Gasteiger partial charge in [0.1, 0.15) is 23.7 Å². The molecule has 4 aromatic rings. The summed E-state index contributed by atoms with van der Waals surface area (Å²) in [5, 5.41) is 18.3. The van der Waals surface area contributed by atoms with Crippen LogP contribution in [0.15, 0.2) is 36.8 Å². The number of rotatable bonds is 1. The van der Waals surface area contributed by atoms with Crippen molar-refractivity contribution in [2.24, 2.45) is 0 Å². The molecule has 0 saturated carbocycles. The molecule has 0 aliphatic carbocycles. The highest BCUT2D eigenvalue weighted by molar-refractivity contribution is 5.90. The smallest absolute Gasteiger partial charge is 0.413 e. The molecule has 166 valence electrons. The molecule has 0 radical (unpaired) electrons. The lowest BCUT2D eigenvalue weighted by atomic mass is 9.95. The molecule has 11 heteroatoms. The van der Waals surface area contributed by atoms with Gasteiger partial charge in [-0.1, -0.05) is 0 Å². The number of nitrogens with zero attached hydrogens (tertiary/aromatic N) is 6. The van der Waals surface area contributed by atoms with Crippen LogP contribution >= 0.6 is 0 Å². The summed E-state index contributed by atoms with van der Waals surface area (Å²) in [5.41, 5.74) is 2.50. The summed E-state index contributed by atoms with van der Waals surface area (Å²) in [6.07, 6.45) is 1.77. The third-order valence-corrected chi connectivity index (χ3v) is 5.92. The van der Waals surface area contributed by atoms with Crippen molar-refractivity contribution < 1.29 is 23.8 Å². The minimum absolute atomic E-state index is 0.180. The van der Waals surface area contributed by atoms with Crippen molar-refractivity contribution in [2.45, 2.75) is 19.4 Å². The van der Waals surface area contributed by atoms with E-state index in [1.54, 1.807) is 31.3 Å². The summed E-state index contributed by atoms with van der Waals surface area (Å²) in [5.74, 6) is 0.861. The van der Waals surface area contributed by atoms with Crippen molar-refractivity contribution in [1.82, 2.24) is 24.6 Å². The average Bonchev–Trinajstić information content (AvgIpc) is 3.44. The second kappa shape index (κ2) is 7.12. The van der Waals surface area contributed by atoms with E-state index in [0.29, 0.717) is 40.6 Å². The van der Waals surface area contributed by atoms with E-state index in [0.717, 1.165) is 4.90 Å². The highest BCUT2D eigenvalue weighted by atomic mass is 19.1. The normalized spacial score (nSPS) is 16.8. The van der Waals surface area contributed by atoms with Gasteiger partial charge in [-0.3, -0.25) is 9.30 Å². The fraction of sp³-hybridized carbons (Fsp3) is 0.227. The highest BCUT2D eigenvalue weighted by Crippen LogP contribution is 2.43. The van der Waals surface area contributed by atoms with Crippen LogP contribution in [-0.4, -0.2) is 49.0 Å². The molecule has 2 aliphatic heterocycles. The Morgan fingerprint density at radius 2 is 2.03 bits per heavy atom. The zero-order chi connectivity index (χ0) is 22.7. The number of aromatic nitrogens is 5. The molecule has 10 nitrogen and oxygen atoms in total. The molecule has 2 aliphatic rings. The number of pyridine rings is 1. The van der Waals surface area contributed by atoms with Crippen LogP contribution in [0.25, 0.3) is 16.9 Å². The van der Waals surface area contributed by atoms with Crippen LogP contribution in [0.1, 0.15) is 22.9 Å². The SMILES string of the molecule is Cc1nccc(-c2cc3c(n4cnnc24)N(C(=O)O)Cc2c(F)ccc4c2[C@@H](CO4)CO3)n1. The van der Waals surface area contributed by atoms with Gasteiger partial charge >= 0.3 is 6.09 Å². The summed E-state index contributed by atoms with van der Waals surface area (Å²) >= 11 is 0. The molecule has 5 heterocycles. The minimum atomic E-state index is -1.27. The maximum absolute atomic E-state index is 14.9. The van der Waals surface area contributed by atoms with E-state index in [-0.39, 0.29) is 36.2 Å². The van der Waals surface area contributed by atoms with Crippen LogP contribution in [0.4, 0.5) is 15.0 Å². The fourth-order valence-corrected chi connectivity index (χ4v) is 4.45. The van der Waals surface area contributed by atoms with Gasteiger partial charge in [0.05, 0.1) is 31.4 Å². The molecule has 1 atom stereocenters. The average molecular weight is 448 g/mol. The van der Waals surface area contributed by atoms with Crippen molar-refractivity contribution in [2.75, 3.05) is 18.1 Å². The number of carboxylic acid groups (broad SMARTS) is 1. The van der Waals surface area contributed by atoms with Crippen molar-refractivity contribution in [3.8, 4) is 22.8 Å². The molecule has 0 bridgehead atoms. The standard InChI is InChI=1S/C22H17FN6O4/c1-11-24-5-4-16(26-11)13-6-18-21(29-10-25-27-20(13)29)28(22(30)31)7-14-15(23)2-3-17-19(14)12(8-32-17)9-33-18/h2-6,10,12H,7-9H2,1H3,(H,30,31)/t12-/m0/s1. The first-order valence-electron chi connectivity index (χ1n) is 10.3. The van der Waals surface area contributed by atoms with E-state index in [9.17, 15) is 14.3 Å². The molecule has 0 saturated heterocycles. The molecule has 0 spiro atoms. The Morgan fingerprint density at radius 1 is 1.21 bits per heavy atom. The third kappa shape index (κ3) is 2.96. The number of fused-ring (bicyclic) bond motifs is 3. The Morgan fingerprint density at radius 3 is 2.82 bits per heavy atom. The number of anilines is 1. The number of benzene rings is 1. The molecule has 1 amide bonds. The predicted molar refractivity (Wildman–Crippen MR) is 113 cm³/mol. The van der Waals surface area contributed by atoms with Crippen molar-refractivity contribution in [3.63, 3.8) is 0 Å².